The summed E-state index contributed by atoms with van der Waals surface area (Å²) in [6, 6.07) is 13.2. The Morgan fingerprint density at radius 1 is 1.15 bits per heavy atom. The second-order valence-corrected chi connectivity index (χ2v) is 7.88. The maximum Gasteiger partial charge on any atom is 0.257 e. The molecule has 144 valence electrons. The van der Waals surface area contributed by atoms with Crippen molar-refractivity contribution in [3.8, 4) is 5.75 Å². The predicted octanol–water partition coefficient (Wildman–Crippen LogP) is 5.69. The molecule has 0 aliphatic carbocycles. The predicted molar refractivity (Wildman–Crippen MR) is 124 cm³/mol. The Bertz CT molecular complexity index is 796. The summed E-state index contributed by atoms with van der Waals surface area (Å²) in [5.41, 5.74) is 2.50. The second kappa shape index (κ2) is 11.2. The van der Waals surface area contributed by atoms with E-state index in [1.54, 1.807) is 6.07 Å². The Hall–Kier alpha value is -1.67. The lowest BCUT2D eigenvalue weighted by Crippen LogP contribution is -2.34. The van der Waals surface area contributed by atoms with Crippen LogP contribution < -0.4 is 15.4 Å². The summed E-state index contributed by atoms with van der Waals surface area (Å²) in [5.74, 6) is 0.562. The van der Waals surface area contributed by atoms with E-state index in [0.717, 1.165) is 27.0 Å². The molecule has 2 aromatic rings. The number of benzene rings is 2. The molecule has 0 aliphatic rings. The van der Waals surface area contributed by atoms with Gasteiger partial charge in [0.25, 0.3) is 5.91 Å². The summed E-state index contributed by atoms with van der Waals surface area (Å²) in [6.45, 7) is 4.91. The van der Waals surface area contributed by atoms with Crippen molar-refractivity contribution >= 4 is 51.5 Å². The molecule has 1 amide bonds. The van der Waals surface area contributed by atoms with Crippen LogP contribution in [0, 0.1) is 10.5 Å². The molecule has 6 heteroatoms. The van der Waals surface area contributed by atoms with E-state index in [0.29, 0.717) is 12.2 Å². The standard InChI is InChI=1S/C21H25IN2O2S/c1-3-4-5-6-12-26-18-9-7-8-17(14-18)23-21(27)24-20(25)16-11-10-15(2)19(22)13-16/h7-11,13-14H,3-6,12H2,1-2H3,(H2,23,24,25,27). The molecule has 0 saturated heterocycles. The fraction of sp³-hybridized carbons (Fsp3) is 0.333. The zero-order valence-electron chi connectivity index (χ0n) is 15.7. The summed E-state index contributed by atoms with van der Waals surface area (Å²) < 4.78 is 6.82. The van der Waals surface area contributed by atoms with E-state index in [9.17, 15) is 4.79 Å². The Morgan fingerprint density at radius 2 is 1.96 bits per heavy atom. The summed E-state index contributed by atoms with van der Waals surface area (Å²) in [5, 5.41) is 6.01. The van der Waals surface area contributed by atoms with Crippen LogP contribution >= 0.6 is 34.8 Å². The molecule has 0 fully saturated rings. The van der Waals surface area contributed by atoms with Gasteiger partial charge in [0.1, 0.15) is 5.75 Å². The third kappa shape index (κ3) is 7.46. The molecule has 0 bridgehead atoms. The molecule has 0 radical (unpaired) electrons. The molecule has 0 atom stereocenters. The van der Waals surface area contributed by atoms with Crippen LogP contribution in [-0.2, 0) is 0 Å². The van der Waals surface area contributed by atoms with E-state index < -0.39 is 0 Å². The lowest BCUT2D eigenvalue weighted by Gasteiger charge is -2.12. The van der Waals surface area contributed by atoms with E-state index in [1.165, 1.54) is 19.3 Å². The molecule has 2 rings (SSSR count). The Balaban J connectivity index is 1.86. The number of hydrogen-bond donors (Lipinski definition) is 2. The first kappa shape index (κ1) is 21.6. The highest BCUT2D eigenvalue weighted by atomic mass is 127. The van der Waals surface area contributed by atoms with Crippen LogP contribution in [0.25, 0.3) is 0 Å². The number of rotatable bonds is 8. The number of nitrogens with one attached hydrogen (secondary N) is 2. The molecular formula is C21H25IN2O2S. The zero-order chi connectivity index (χ0) is 19.6. The molecule has 2 aromatic carbocycles. The fourth-order valence-corrected chi connectivity index (χ4v) is 3.18. The SMILES string of the molecule is CCCCCCOc1cccc(NC(=S)NC(=O)c2ccc(C)c(I)c2)c1. The number of unbranched alkanes of at least 4 members (excludes halogenated alkanes) is 3. The van der Waals surface area contributed by atoms with E-state index in [-0.39, 0.29) is 11.0 Å². The highest BCUT2D eigenvalue weighted by Crippen LogP contribution is 2.18. The van der Waals surface area contributed by atoms with Gasteiger partial charge in [-0.1, -0.05) is 38.3 Å². The Kier molecular flexibility index (Phi) is 9.00. The molecule has 0 saturated carbocycles. The molecule has 27 heavy (non-hydrogen) atoms. The molecule has 0 heterocycles. The van der Waals surface area contributed by atoms with Crippen molar-refractivity contribution in [1.82, 2.24) is 5.32 Å². The lowest BCUT2D eigenvalue weighted by atomic mass is 10.1. The zero-order valence-corrected chi connectivity index (χ0v) is 18.7. The molecule has 2 N–H and O–H groups in total. The molecular weight excluding hydrogens is 471 g/mol. The smallest absolute Gasteiger partial charge is 0.257 e. The van der Waals surface area contributed by atoms with Crippen LogP contribution in [0.15, 0.2) is 42.5 Å². The highest BCUT2D eigenvalue weighted by Gasteiger charge is 2.09. The number of halogens is 1. The van der Waals surface area contributed by atoms with E-state index in [1.807, 2.05) is 43.3 Å². The van der Waals surface area contributed by atoms with Crippen molar-refractivity contribution in [3.05, 3.63) is 57.2 Å². The summed E-state index contributed by atoms with van der Waals surface area (Å²) in [6.07, 6.45) is 4.68. The van der Waals surface area contributed by atoms with Crippen molar-refractivity contribution < 1.29 is 9.53 Å². The monoisotopic (exact) mass is 496 g/mol. The maximum atomic E-state index is 12.3. The second-order valence-electron chi connectivity index (χ2n) is 6.31. The fourth-order valence-electron chi connectivity index (χ4n) is 2.45. The number of anilines is 1. The Morgan fingerprint density at radius 3 is 2.70 bits per heavy atom. The van der Waals surface area contributed by atoms with Crippen LogP contribution in [0.4, 0.5) is 5.69 Å². The van der Waals surface area contributed by atoms with Gasteiger partial charge in [0.2, 0.25) is 0 Å². The van der Waals surface area contributed by atoms with Crippen LogP contribution in [0.1, 0.15) is 48.5 Å². The third-order valence-corrected chi connectivity index (χ3v) is 5.39. The van der Waals surface area contributed by atoms with Gasteiger partial charge >= 0.3 is 0 Å². The van der Waals surface area contributed by atoms with Gasteiger partial charge < -0.3 is 10.1 Å². The summed E-state index contributed by atoms with van der Waals surface area (Å²) in [7, 11) is 0. The van der Waals surface area contributed by atoms with Crippen molar-refractivity contribution in [1.29, 1.82) is 0 Å². The quantitative estimate of drug-likeness (QED) is 0.280. The van der Waals surface area contributed by atoms with Gasteiger partial charge in [-0.05, 0) is 78.0 Å². The average Bonchev–Trinajstić information content (AvgIpc) is 2.64. The first-order valence-corrected chi connectivity index (χ1v) is 10.6. The van der Waals surface area contributed by atoms with Crippen LogP contribution in [0.3, 0.4) is 0 Å². The molecule has 0 aromatic heterocycles. The number of thiocarbonyl (C=S) groups is 1. The number of ether oxygens (including phenoxy) is 1. The summed E-state index contributed by atoms with van der Waals surface area (Å²) in [4.78, 5) is 12.3. The van der Waals surface area contributed by atoms with Gasteiger partial charge in [-0.25, -0.2) is 0 Å². The average molecular weight is 496 g/mol. The van der Waals surface area contributed by atoms with E-state index in [4.69, 9.17) is 17.0 Å². The number of aryl methyl sites for hydroxylation is 1. The van der Waals surface area contributed by atoms with E-state index in [2.05, 4.69) is 40.1 Å². The highest BCUT2D eigenvalue weighted by molar-refractivity contribution is 14.1. The van der Waals surface area contributed by atoms with E-state index >= 15 is 0 Å². The molecule has 0 unspecified atom stereocenters. The molecule has 0 spiro atoms. The van der Waals surface area contributed by atoms with Crippen molar-refractivity contribution in [2.24, 2.45) is 0 Å². The molecule has 0 aliphatic heterocycles. The van der Waals surface area contributed by atoms with Crippen molar-refractivity contribution in [3.63, 3.8) is 0 Å². The van der Waals surface area contributed by atoms with Crippen molar-refractivity contribution in [2.45, 2.75) is 39.5 Å². The minimum atomic E-state index is -0.228. The number of carbonyl (C=O) groups is 1. The van der Waals surface area contributed by atoms with Crippen LogP contribution in [0.5, 0.6) is 5.75 Å². The van der Waals surface area contributed by atoms with Gasteiger partial charge in [0, 0.05) is 20.9 Å². The first-order chi connectivity index (χ1) is 13.0. The summed E-state index contributed by atoms with van der Waals surface area (Å²) >= 11 is 7.48. The number of carbonyl (C=O) groups excluding carboxylic acids is 1. The van der Waals surface area contributed by atoms with Gasteiger partial charge in [-0.3, -0.25) is 10.1 Å². The lowest BCUT2D eigenvalue weighted by molar-refractivity contribution is 0.0977. The minimum Gasteiger partial charge on any atom is -0.494 e. The largest absolute Gasteiger partial charge is 0.494 e. The Labute approximate surface area is 180 Å². The normalized spacial score (nSPS) is 10.3. The van der Waals surface area contributed by atoms with Crippen LogP contribution in [0.2, 0.25) is 0 Å². The van der Waals surface area contributed by atoms with Gasteiger partial charge in [0.15, 0.2) is 5.11 Å². The minimum absolute atomic E-state index is 0.228. The number of amides is 1. The maximum absolute atomic E-state index is 12.3. The van der Waals surface area contributed by atoms with Gasteiger partial charge in [0.05, 0.1) is 6.61 Å². The van der Waals surface area contributed by atoms with Crippen LogP contribution in [-0.4, -0.2) is 17.6 Å². The van der Waals surface area contributed by atoms with Gasteiger partial charge in [-0.15, -0.1) is 0 Å². The van der Waals surface area contributed by atoms with Gasteiger partial charge in [-0.2, -0.15) is 0 Å². The third-order valence-electron chi connectivity index (χ3n) is 4.02. The number of hydrogen-bond acceptors (Lipinski definition) is 3. The molecule has 4 nitrogen and oxygen atoms in total. The first-order valence-electron chi connectivity index (χ1n) is 9.11. The van der Waals surface area contributed by atoms with Crippen molar-refractivity contribution in [2.75, 3.05) is 11.9 Å². The topological polar surface area (TPSA) is 50.4 Å².